The fraction of sp³-hybridized carbons (Fsp3) is 0.185. The maximum atomic E-state index is 12.7. The van der Waals surface area contributed by atoms with Crippen LogP contribution in [0.5, 0.6) is 11.5 Å². The van der Waals surface area contributed by atoms with Crippen molar-refractivity contribution in [3.05, 3.63) is 86.5 Å². The number of benzene rings is 2. The van der Waals surface area contributed by atoms with Gasteiger partial charge in [-0.1, -0.05) is 41.0 Å². The third kappa shape index (κ3) is 6.28. The lowest BCUT2D eigenvalue weighted by atomic mass is 10.1. The van der Waals surface area contributed by atoms with E-state index in [2.05, 4.69) is 20.5 Å². The zero-order valence-corrected chi connectivity index (χ0v) is 24.5. The maximum absolute atomic E-state index is 12.7. The van der Waals surface area contributed by atoms with E-state index in [4.69, 9.17) is 37.1 Å². The van der Waals surface area contributed by atoms with Gasteiger partial charge in [0.1, 0.15) is 10.7 Å². The summed E-state index contributed by atoms with van der Waals surface area (Å²) in [7, 11) is 3.19. The van der Waals surface area contributed by atoms with E-state index in [-0.39, 0.29) is 5.91 Å². The fourth-order valence-corrected chi connectivity index (χ4v) is 5.96. The standard InChI is InChI=1S/C27H23Cl2N5O4S2/c1-36-21-8-5-16(12-23(21)37-2)9-10-30-26(35)19-14-39-24(31-19)15-40-27-33-32-25(22-4-3-11-38-22)34(27)20-13-17(28)6-7-18(20)29/h3-8,11-14H,9-10,15H2,1-2H3,(H,30,35). The van der Waals surface area contributed by atoms with Crippen LogP contribution in [0.2, 0.25) is 10.0 Å². The van der Waals surface area contributed by atoms with Gasteiger partial charge in [0.05, 0.1) is 36.9 Å². The molecular formula is C27H23Cl2N5O4S2. The summed E-state index contributed by atoms with van der Waals surface area (Å²) in [5.74, 6) is 2.58. The van der Waals surface area contributed by atoms with Crippen LogP contribution < -0.4 is 14.8 Å². The lowest BCUT2D eigenvalue weighted by Gasteiger charge is -2.11. The van der Waals surface area contributed by atoms with Crippen LogP contribution >= 0.6 is 46.3 Å². The largest absolute Gasteiger partial charge is 0.493 e. The van der Waals surface area contributed by atoms with E-state index < -0.39 is 0 Å². The van der Waals surface area contributed by atoms with E-state index in [9.17, 15) is 4.79 Å². The van der Waals surface area contributed by atoms with E-state index in [0.29, 0.717) is 68.4 Å². The molecule has 0 fully saturated rings. The summed E-state index contributed by atoms with van der Waals surface area (Å²) in [5.41, 5.74) is 2.01. The molecule has 0 saturated carbocycles. The van der Waals surface area contributed by atoms with Gasteiger partial charge < -0.3 is 19.2 Å². The van der Waals surface area contributed by atoms with Crippen LogP contribution in [0.15, 0.2) is 69.7 Å². The normalized spacial score (nSPS) is 11.0. The van der Waals surface area contributed by atoms with Gasteiger partial charge in [0.2, 0.25) is 5.82 Å². The summed E-state index contributed by atoms with van der Waals surface area (Å²) in [6.07, 6.45) is 2.20. The average molecular weight is 617 g/mol. The van der Waals surface area contributed by atoms with Gasteiger partial charge in [-0.15, -0.1) is 21.5 Å². The number of hydrogen-bond acceptors (Lipinski definition) is 9. The molecule has 0 saturated heterocycles. The highest BCUT2D eigenvalue weighted by molar-refractivity contribution is 7.98. The third-order valence-electron chi connectivity index (χ3n) is 5.78. The van der Waals surface area contributed by atoms with Gasteiger partial charge in [0.25, 0.3) is 5.91 Å². The topological polar surface area (TPSA) is 104 Å². The molecule has 1 N–H and O–H groups in total. The number of furan rings is 1. The molecule has 5 aromatic rings. The van der Waals surface area contributed by atoms with Gasteiger partial charge in [-0.2, -0.15) is 0 Å². The Morgan fingerprint density at radius 1 is 1.10 bits per heavy atom. The molecule has 3 aromatic heterocycles. The van der Waals surface area contributed by atoms with E-state index in [1.807, 2.05) is 18.2 Å². The van der Waals surface area contributed by atoms with Crippen molar-refractivity contribution in [2.75, 3.05) is 20.8 Å². The van der Waals surface area contributed by atoms with Crippen LogP contribution in [0, 0.1) is 0 Å². The maximum Gasteiger partial charge on any atom is 0.270 e. The van der Waals surface area contributed by atoms with Crippen molar-refractivity contribution in [1.29, 1.82) is 0 Å². The Morgan fingerprint density at radius 2 is 1.95 bits per heavy atom. The molecule has 9 nitrogen and oxygen atoms in total. The van der Waals surface area contributed by atoms with Crippen molar-refractivity contribution in [3.63, 3.8) is 0 Å². The molecule has 0 aliphatic rings. The summed E-state index contributed by atoms with van der Waals surface area (Å²) < 4.78 is 18.0. The molecule has 40 heavy (non-hydrogen) atoms. The van der Waals surface area contributed by atoms with Gasteiger partial charge >= 0.3 is 0 Å². The molecular weight excluding hydrogens is 593 g/mol. The highest BCUT2D eigenvalue weighted by Crippen LogP contribution is 2.34. The Labute approximate surface area is 248 Å². The monoisotopic (exact) mass is 615 g/mol. The number of aromatic nitrogens is 4. The Hall–Kier alpha value is -3.51. The first-order chi connectivity index (χ1) is 19.5. The van der Waals surface area contributed by atoms with Crippen LogP contribution in [-0.2, 0) is 12.2 Å². The molecule has 0 aliphatic carbocycles. The molecule has 0 radical (unpaired) electrons. The van der Waals surface area contributed by atoms with Gasteiger partial charge in [-0.25, -0.2) is 4.98 Å². The molecule has 0 aliphatic heterocycles. The van der Waals surface area contributed by atoms with Crippen molar-refractivity contribution >= 4 is 52.2 Å². The zero-order chi connectivity index (χ0) is 28.1. The highest BCUT2D eigenvalue weighted by Gasteiger charge is 2.21. The first-order valence-electron chi connectivity index (χ1n) is 12.0. The molecule has 5 rings (SSSR count). The van der Waals surface area contributed by atoms with Gasteiger partial charge in [0, 0.05) is 16.9 Å². The van der Waals surface area contributed by atoms with Crippen LogP contribution in [-0.4, -0.2) is 46.4 Å². The molecule has 206 valence electrons. The summed E-state index contributed by atoms with van der Waals surface area (Å²) in [4.78, 5) is 17.2. The number of rotatable bonds is 11. The smallest absolute Gasteiger partial charge is 0.270 e. The second-order valence-electron chi connectivity index (χ2n) is 8.33. The Kier molecular flexibility index (Phi) is 8.95. The Bertz CT molecular complexity index is 1620. The first-order valence-corrected chi connectivity index (χ1v) is 14.6. The van der Waals surface area contributed by atoms with Gasteiger partial charge in [-0.05, 0) is 54.4 Å². The highest BCUT2D eigenvalue weighted by atomic mass is 35.5. The third-order valence-corrected chi connectivity index (χ3v) is 8.31. The molecule has 0 unspecified atom stereocenters. The number of ether oxygens (including phenoxy) is 2. The van der Waals surface area contributed by atoms with Crippen molar-refractivity contribution in [3.8, 4) is 28.8 Å². The van der Waals surface area contributed by atoms with E-state index in [0.717, 1.165) is 10.6 Å². The number of thiazole rings is 1. The number of nitrogens with one attached hydrogen (secondary N) is 1. The second-order valence-corrected chi connectivity index (χ2v) is 11.1. The van der Waals surface area contributed by atoms with Gasteiger partial charge in [-0.3, -0.25) is 9.36 Å². The lowest BCUT2D eigenvalue weighted by molar-refractivity contribution is 0.0949. The molecule has 1 amide bonds. The van der Waals surface area contributed by atoms with Crippen LogP contribution in [0.25, 0.3) is 17.3 Å². The number of methoxy groups -OCH3 is 2. The first kappa shape index (κ1) is 28.0. The lowest BCUT2D eigenvalue weighted by Crippen LogP contribution is -2.26. The van der Waals surface area contributed by atoms with Crippen LogP contribution in [0.4, 0.5) is 0 Å². The SMILES string of the molecule is COc1ccc(CCNC(=O)c2csc(CSc3nnc(-c4ccco4)n3-c3cc(Cl)ccc3Cl)n2)cc1OC. The minimum Gasteiger partial charge on any atom is -0.493 e. The Morgan fingerprint density at radius 3 is 2.73 bits per heavy atom. The molecule has 0 bridgehead atoms. The predicted molar refractivity (Wildman–Crippen MR) is 156 cm³/mol. The van der Waals surface area contributed by atoms with E-state index >= 15 is 0 Å². The quantitative estimate of drug-likeness (QED) is 0.166. The van der Waals surface area contributed by atoms with Crippen molar-refractivity contribution in [1.82, 2.24) is 25.1 Å². The van der Waals surface area contributed by atoms with Crippen molar-refractivity contribution in [2.24, 2.45) is 0 Å². The number of thioether (sulfide) groups is 1. The zero-order valence-electron chi connectivity index (χ0n) is 21.4. The molecule has 0 spiro atoms. The number of amides is 1. The molecule has 0 atom stereocenters. The average Bonchev–Trinajstić information content (AvgIpc) is 3.74. The fourth-order valence-electron chi connectivity index (χ4n) is 3.86. The second kappa shape index (κ2) is 12.8. The van der Waals surface area contributed by atoms with Crippen LogP contribution in [0.3, 0.4) is 0 Å². The van der Waals surface area contributed by atoms with Crippen LogP contribution in [0.1, 0.15) is 21.1 Å². The molecule has 2 aromatic carbocycles. The predicted octanol–water partition coefficient (Wildman–Crippen LogP) is 6.57. The number of hydrogen-bond donors (Lipinski definition) is 1. The summed E-state index contributed by atoms with van der Waals surface area (Å²) >= 11 is 15.6. The number of halogens is 2. The summed E-state index contributed by atoms with van der Waals surface area (Å²) in [6.45, 7) is 0.453. The number of nitrogens with zero attached hydrogens (tertiary/aromatic N) is 4. The van der Waals surface area contributed by atoms with E-state index in [1.165, 1.54) is 23.1 Å². The minimum absolute atomic E-state index is 0.234. The number of carbonyl (C=O) groups is 1. The van der Waals surface area contributed by atoms with Crippen molar-refractivity contribution < 1.29 is 18.7 Å². The Balaban J connectivity index is 1.25. The van der Waals surface area contributed by atoms with E-state index in [1.54, 1.807) is 60.8 Å². The van der Waals surface area contributed by atoms with Gasteiger partial charge in [0.15, 0.2) is 22.4 Å². The molecule has 13 heteroatoms. The van der Waals surface area contributed by atoms with Crippen molar-refractivity contribution in [2.45, 2.75) is 17.3 Å². The summed E-state index contributed by atoms with van der Waals surface area (Å²) in [6, 6.07) is 14.4. The molecule has 3 heterocycles. The number of carbonyl (C=O) groups excluding carboxylic acids is 1. The minimum atomic E-state index is -0.234. The summed E-state index contributed by atoms with van der Waals surface area (Å²) in [5, 5.41) is 15.7.